The van der Waals surface area contributed by atoms with Crippen LogP contribution in [0, 0.1) is 5.82 Å². The largest absolute Gasteiger partial charge is 0.444 e. The lowest BCUT2D eigenvalue weighted by atomic mass is 10.0. The Labute approximate surface area is 170 Å². The number of ether oxygens (including phenoxy) is 1. The molecular weight excluding hydrogens is 465 g/mol. The number of amides is 1. The van der Waals surface area contributed by atoms with Gasteiger partial charge in [-0.3, -0.25) is 0 Å². The highest BCUT2D eigenvalue weighted by Crippen LogP contribution is 2.28. The van der Waals surface area contributed by atoms with Gasteiger partial charge in [0.15, 0.2) is 0 Å². The topological polar surface area (TPSA) is 75.7 Å². The van der Waals surface area contributed by atoms with Crippen molar-refractivity contribution in [2.24, 2.45) is 0 Å². The summed E-state index contributed by atoms with van der Waals surface area (Å²) in [4.78, 5) is 13.8. The van der Waals surface area contributed by atoms with Gasteiger partial charge in [-0.2, -0.15) is 8.78 Å². The molecule has 0 aliphatic carbocycles. The van der Waals surface area contributed by atoms with Gasteiger partial charge in [0, 0.05) is 12.6 Å². The maximum absolute atomic E-state index is 14.4. The van der Waals surface area contributed by atoms with Crippen molar-refractivity contribution in [3.05, 3.63) is 34.1 Å². The number of nitrogens with zero attached hydrogens (tertiary/aromatic N) is 1. The van der Waals surface area contributed by atoms with Crippen molar-refractivity contribution in [3.63, 3.8) is 0 Å². The van der Waals surface area contributed by atoms with Gasteiger partial charge in [-0.25, -0.2) is 22.3 Å². The van der Waals surface area contributed by atoms with Gasteiger partial charge in [0.2, 0.25) is 0 Å². The zero-order valence-corrected chi connectivity index (χ0v) is 18.0. The number of hydrogen-bond acceptors (Lipinski definition) is 4. The Hall–Kier alpha value is -1.33. The minimum Gasteiger partial charge on any atom is -0.444 e. The van der Waals surface area contributed by atoms with Crippen LogP contribution >= 0.6 is 15.9 Å². The number of likely N-dealkylation sites (tertiary alicyclic amines) is 1. The van der Waals surface area contributed by atoms with Crippen molar-refractivity contribution in [2.75, 3.05) is 6.54 Å². The van der Waals surface area contributed by atoms with E-state index >= 15 is 0 Å². The van der Waals surface area contributed by atoms with Crippen LogP contribution in [-0.2, 0) is 21.2 Å². The Morgan fingerprint density at radius 1 is 1.39 bits per heavy atom. The molecule has 1 aromatic carbocycles. The molecule has 1 aromatic rings. The van der Waals surface area contributed by atoms with Gasteiger partial charge in [0.1, 0.15) is 11.4 Å². The van der Waals surface area contributed by atoms with Crippen LogP contribution in [0.15, 0.2) is 22.7 Å². The molecule has 0 bridgehead atoms. The first-order valence-corrected chi connectivity index (χ1v) is 10.9. The first-order valence-electron chi connectivity index (χ1n) is 8.53. The monoisotopic (exact) mass is 486 g/mol. The quantitative estimate of drug-likeness (QED) is 0.688. The second-order valence-corrected chi connectivity index (χ2v) is 10.0. The van der Waals surface area contributed by atoms with Crippen LogP contribution in [0.2, 0.25) is 0 Å². The van der Waals surface area contributed by atoms with Gasteiger partial charge in [-0.05, 0) is 61.2 Å². The second-order valence-electron chi connectivity index (χ2n) is 7.48. The summed E-state index contributed by atoms with van der Waals surface area (Å²) in [7, 11) is -4.87. The number of carbonyl (C=O) groups excluding carboxylic acids is 1. The fourth-order valence-electron chi connectivity index (χ4n) is 2.98. The van der Waals surface area contributed by atoms with E-state index in [1.54, 1.807) is 26.8 Å². The lowest BCUT2D eigenvalue weighted by Gasteiger charge is -2.31. The molecule has 28 heavy (non-hydrogen) atoms. The van der Waals surface area contributed by atoms with E-state index in [0.717, 1.165) is 0 Å². The van der Waals surface area contributed by atoms with Crippen molar-refractivity contribution in [2.45, 2.75) is 57.1 Å². The zero-order chi connectivity index (χ0) is 21.3. The number of hydrogen-bond donors (Lipinski definition) is 1. The maximum atomic E-state index is 14.4. The van der Waals surface area contributed by atoms with Gasteiger partial charge in [0.25, 0.3) is 10.0 Å². The minimum atomic E-state index is -4.87. The molecule has 1 fully saturated rings. The smallest absolute Gasteiger partial charge is 0.410 e. The molecule has 0 unspecified atom stereocenters. The van der Waals surface area contributed by atoms with Crippen LogP contribution < -0.4 is 4.72 Å². The lowest BCUT2D eigenvalue weighted by molar-refractivity contribution is 0.0217. The van der Waals surface area contributed by atoms with E-state index in [1.807, 2.05) is 4.72 Å². The average molecular weight is 487 g/mol. The normalized spacial score (nSPS) is 20.6. The predicted molar refractivity (Wildman–Crippen MR) is 101 cm³/mol. The Balaban J connectivity index is 2.33. The number of sulfonamides is 1. The molecule has 0 radical (unpaired) electrons. The maximum Gasteiger partial charge on any atom is 0.410 e. The third-order valence-electron chi connectivity index (χ3n) is 4.18. The summed E-state index contributed by atoms with van der Waals surface area (Å²) in [5, 5.41) is 0. The van der Waals surface area contributed by atoms with Crippen LogP contribution in [0.1, 0.15) is 32.8 Å². The third kappa shape index (κ3) is 5.60. The highest BCUT2D eigenvalue weighted by Gasteiger charge is 2.42. The van der Waals surface area contributed by atoms with E-state index in [1.165, 1.54) is 17.0 Å². The predicted octanol–water partition coefficient (Wildman–Crippen LogP) is 3.65. The van der Waals surface area contributed by atoms with Gasteiger partial charge in [-0.15, -0.1) is 0 Å². The molecule has 158 valence electrons. The first-order chi connectivity index (χ1) is 12.8. The van der Waals surface area contributed by atoms with Crippen molar-refractivity contribution in [1.82, 2.24) is 9.62 Å². The van der Waals surface area contributed by atoms with Gasteiger partial charge in [0.05, 0.1) is 10.5 Å². The van der Waals surface area contributed by atoms with E-state index in [9.17, 15) is 26.4 Å². The van der Waals surface area contributed by atoms with Crippen LogP contribution in [0.5, 0.6) is 0 Å². The summed E-state index contributed by atoms with van der Waals surface area (Å²) in [6.45, 7) is 5.09. The number of carbonyl (C=O) groups is 1. The van der Waals surface area contributed by atoms with Crippen LogP contribution in [-0.4, -0.2) is 49.4 Å². The summed E-state index contributed by atoms with van der Waals surface area (Å²) in [6.07, 6.45) is -0.682. The number of rotatable bonds is 5. The van der Waals surface area contributed by atoms with Crippen molar-refractivity contribution in [3.8, 4) is 0 Å². The zero-order valence-electron chi connectivity index (χ0n) is 15.6. The summed E-state index contributed by atoms with van der Waals surface area (Å²) in [6, 6.07) is 2.70. The Morgan fingerprint density at radius 2 is 2.04 bits per heavy atom. The molecule has 11 heteroatoms. The summed E-state index contributed by atoms with van der Waals surface area (Å²) in [5.41, 5.74) is -0.584. The van der Waals surface area contributed by atoms with Crippen molar-refractivity contribution in [1.29, 1.82) is 0 Å². The summed E-state index contributed by atoms with van der Waals surface area (Å²) >= 11 is 3.07. The molecule has 1 amide bonds. The molecule has 2 atom stereocenters. The molecule has 1 heterocycles. The fourth-order valence-corrected chi connectivity index (χ4v) is 4.19. The Kier molecular flexibility index (Phi) is 7.03. The van der Waals surface area contributed by atoms with E-state index < -0.39 is 45.4 Å². The summed E-state index contributed by atoms with van der Waals surface area (Å²) < 4.78 is 70.7. The van der Waals surface area contributed by atoms with Gasteiger partial charge >= 0.3 is 11.9 Å². The van der Waals surface area contributed by atoms with E-state index in [-0.39, 0.29) is 29.4 Å². The standard InChI is InChI=1S/C17H22BrF3N2O4S/c1-17(2,3)27-16(24)23-8-7-12(22-28(25,26)15(20)21)13(23)9-10-5-4-6-11(18)14(10)19/h4-6,12-13,15,22H,7-9H2,1-3H3/t12-,13-/m0/s1. The Morgan fingerprint density at radius 3 is 2.61 bits per heavy atom. The summed E-state index contributed by atoms with van der Waals surface area (Å²) in [5.74, 6) is -4.17. The fraction of sp³-hybridized carbons (Fsp3) is 0.588. The number of benzene rings is 1. The molecule has 1 N–H and O–H groups in total. The highest BCUT2D eigenvalue weighted by atomic mass is 79.9. The van der Waals surface area contributed by atoms with Gasteiger partial charge < -0.3 is 9.64 Å². The molecule has 1 saturated heterocycles. The molecule has 1 aliphatic rings. The average Bonchev–Trinajstić information content (AvgIpc) is 2.92. The van der Waals surface area contributed by atoms with E-state index in [2.05, 4.69) is 15.9 Å². The molecule has 2 rings (SSSR count). The van der Waals surface area contributed by atoms with Crippen LogP contribution in [0.4, 0.5) is 18.0 Å². The molecule has 0 aromatic heterocycles. The lowest BCUT2D eigenvalue weighted by Crippen LogP contribution is -2.50. The van der Waals surface area contributed by atoms with E-state index in [0.29, 0.717) is 0 Å². The van der Waals surface area contributed by atoms with Crippen molar-refractivity contribution < 1.29 is 31.1 Å². The molecular formula is C17H22BrF3N2O4S. The van der Waals surface area contributed by atoms with Crippen LogP contribution in [0.3, 0.4) is 0 Å². The number of nitrogens with one attached hydrogen (secondary N) is 1. The Bertz CT molecular complexity index is 830. The van der Waals surface area contributed by atoms with Crippen molar-refractivity contribution >= 4 is 32.0 Å². The number of halogens is 4. The second kappa shape index (κ2) is 8.58. The van der Waals surface area contributed by atoms with Gasteiger partial charge in [-0.1, -0.05) is 12.1 Å². The third-order valence-corrected chi connectivity index (χ3v) is 5.90. The molecule has 0 spiro atoms. The highest BCUT2D eigenvalue weighted by molar-refractivity contribution is 9.10. The number of alkyl halides is 2. The molecule has 6 nitrogen and oxygen atoms in total. The SMILES string of the molecule is CC(C)(C)OC(=O)N1CC[C@H](NS(=O)(=O)C(F)F)[C@@H]1Cc1cccc(Br)c1F. The molecule has 0 saturated carbocycles. The first kappa shape index (κ1) is 23.0. The molecule has 1 aliphatic heterocycles. The van der Waals surface area contributed by atoms with Crippen LogP contribution in [0.25, 0.3) is 0 Å². The minimum absolute atomic E-state index is 0.0685. The van der Waals surface area contributed by atoms with E-state index in [4.69, 9.17) is 4.74 Å².